The molecule has 4 aliphatic heterocycles. The Bertz CT molecular complexity index is 5010. The highest BCUT2D eigenvalue weighted by atomic mass is 16.5. The smallest absolute Gasteiger partial charge is 0.202 e. The van der Waals surface area contributed by atoms with Crippen LogP contribution in [0.2, 0.25) is 0 Å². The van der Waals surface area contributed by atoms with Crippen LogP contribution in [-0.4, -0.2) is 161 Å². The number of rotatable bonds is 7. The number of ether oxygens (including phenoxy) is 5. The first-order chi connectivity index (χ1) is 50.2. The van der Waals surface area contributed by atoms with E-state index >= 15 is 0 Å². The van der Waals surface area contributed by atoms with Crippen molar-refractivity contribution in [3.63, 3.8) is 0 Å². The van der Waals surface area contributed by atoms with Gasteiger partial charge in [0.15, 0.2) is 88.4 Å². The van der Waals surface area contributed by atoms with Gasteiger partial charge in [-0.05, 0) is 113 Å². The molecule has 0 aromatic heterocycles. The summed E-state index contributed by atoms with van der Waals surface area (Å²) in [5.41, 5.74) is 3.84. The molecule has 550 valence electrons. The van der Waals surface area contributed by atoms with Crippen molar-refractivity contribution in [3.8, 4) is 132 Å². The highest BCUT2D eigenvalue weighted by molar-refractivity contribution is 6.07. The molecule has 0 fully saturated rings. The Balaban J connectivity index is 0.000000142. The summed E-state index contributed by atoms with van der Waals surface area (Å²) in [5, 5.41) is 212. The van der Waals surface area contributed by atoms with Crippen molar-refractivity contribution in [1.82, 2.24) is 0 Å². The number of aliphatic hydroxyl groups excluding tert-OH is 4. The third-order valence-electron chi connectivity index (χ3n) is 16.6. The molecule has 30 nitrogen and oxygen atoms in total. The summed E-state index contributed by atoms with van der Waals surface area (Å²) in [5.74, 6) is -7.49. The molecule has 8 atom stereocenters. The maximum Gasteiger partial charge on any atom is 0.202 e. The first kappa shape index (κ1) is 74.9. The monoisotopic (exact) mass is 1460 g/mol. The quantitative estimate of drug-likeness (QED) is 0.0524. The minimum absolute atomic E-state index is 0.000810. The van der Waals surface area contributed by atoms with Gasteiger partial charge < -0.3 is 136 Å². The second kappa shape index (κ2) is 30.8. The minimum Gasteiger partial charge on any atom is -0.508 e. The van der Waals surface area contributed by atoms with Gasteiger partial charge in [0.05, 0.1) is 13.2 Å². The van der Waals surface area contributed by atoms with Gasteiger partial charge in [-0.15, -0.1) is 0 Å². The molecule has 30 heteroatoms. The summed E-state index contributed by atoms with van der Waals surface area (Å²) in [6.07, 6.45) is -6.01. The lowest BCUT2D eigenvalue weighted by atomic mass is 9.92. The van der Waals surface area contributed by atoms with E-state index in [1.165, 1.54) is 79.9 Å². The summed E-state index contributed by atoms with van der Waals surface area (Å²) in [6, 6.07) is 35.2. The van der Waals surface area contributed by atoms with Gasteiger partial charge in [0.2, 0.25) is 17.3 Å². The van der Waals surface area contributed by atoms with Gasteiger partial charge >= 0.3 is 0 Å². The summed E-state index contributed by atoms with van der Waals surface area (Å²) in [4.78, 5) is 36.6. The molecule has 0 unspecified atom stereocenters. The number of methoxy groups -OCH3 is 1. The lowest BCUT2D eigenvalue weighted by Gasteiger charge is -2.31. The Hall–Kier alpha value is -13.8. The van der Waals surface area contributed by atoms with Crippen LogP contribution in [0, 0.1) is 6.92 Å². The maximum atomic E-state index is 12.2. The number of hydrogen-bond acceptors (Lipinski definition) is 30. The molecular formula is C76H66O30. The van der Waals surface area contributed by atoms with Crippen LogP contribution in [0.15, 0.2) is 158 Å². The van der Waals surface area contributed by atoms with E-state index in [-0.39, 0.29) is 120 Å². The van der Waals surface area contributed by atoms with E-state index in [1.54, 1.807) is 30.3 Å². The fourth-order valence-corrected chi connectivity index (χ4v) is 11.5. The molecule has 106 heavy (non-hydrogen) atoms. The third-order valence-corrected chi connectivity index (χ3v) is 16.6. The average molecular weight is 1460 g/mol. The number of ketones is 3. The van der Waals surface area contributed by atoms with Gasteiger partial charge in [-0.25, -0.2) is 0 Å². The summed E-state index contributed by atoms with van der Waals surface area (Å²) >= 11 is 0. The number of hydrogen-bond donors (Lipinski definition) is 22. The Kier molecular flexibility index (Phi) is 21.8. The predicted molar refractivity (Wildman–Crippen MR) is 369 cm³/mol. The molecule has 4 aliphatic rings. The van der Waals surface area contributed by atoms with E-state index in [4.69, 9.17) is 23.7 Å². The number of aryl methyl sites for hydroxylation is 1. The van der Waals surface area contributed by atoms with Gasteiger partial charge in [0, 0.05) is 66.1 Å². The maximum absolute atomic E-state index is 12.2. The first-order valence-corrected chi connectivity index (χ1v) is 31.4. The lowest BCUT2D eigenvalue weighted by Crippen LogP contribution is -2.36. The van der Waals surface area contributed by atoms with Crippen molar-refractivity contribution in [2.24, 2.45) is 0 Å². The van der Waals surface area contributed by atoms with Gasteiger partial charge in [0.25, 0.3) is 0 Å². The van der Waals surface area contributed by atoms with E-state index in [2.05, 4.69) is 0 Å². The molecular weight excluding hydrogens is 1390 g/mol. The van der Waals surface area contributed by atoms with Crippen molar-refractivity contribution in [3.05, 3.63) is 219 Å². The third kappa shape index (κ3) is 16.2. The van der Waals surface area contributed by atoms with Crippen molar-refractivity contribution < 1.29 is 150 Å². The molecule has 0 saturated carbocycles. The predicted octanol–water partition coefficient (Wildman–Crippen LogP) is 8.69. The number of phenols is 18. The van der Waals surface area contributed by atoms with Crippen molar-refractivity contribution in [2.45, 2.75) is 62.2 Å². The molecule has 22 N–H and O–H groups in total. The van der Waals surface area contributed by atoms with Crippen LogP contribution < -0.4 is 23.7 Å². The Morgan fingerprint density at radius 1 is 0.330 bits per heavy atom. The van der Waals surface area contributed by atoms with Crippen LogP contribution in [0.5, 0.6) is 132 Å². The summed E-state index contributed by atoms with van der Waals surface area (Å²) in [7, 11) is 1.52. The van der Waals surface area contributed by atoms with E-state index < -0.39 is 106 Å². The fourth-order valence-electron chi connectivity index (χ4n) is 11.5. The highest BCUT2D eigenvalue weighted by Crippen LogP contribution is 2.48. The van der Waals surface area contributed by atoms with E-state index in [1.807, 2.05) is 25.1 Å². The van der Waals surface area contributed by atoms with Gasteiger partial charge in [0.1, 0.15) is 103 Å². The highest BCUT2D eigenvalue weighted by Gasteiger charge is 2.43. The first-order valence-electron chi connectivity index (χ1n) is 31.4. The van der Waals surface area contributed by atoms with Gasteiger partial charge in [-0.1, -0.05) is 48.6 Å². The van der Waals surface area contributed by atoms with Gasteiger partial charge in [-0.2, -0.15) is 0 Å². The second-order valence-corrected chi connectivity index (χ2v) is 24.2. The largest absolute Gasteiger partial charge is 0.508 e. The van der Waals surface area contributed by atoms with Crippen LogP contribution in [0.4, 0.5) is 0 Å². The summed E-state index contributed by atoms with van der Waals surface area (Å²) < 4.78 is 27.1. The van der Waals surface area contributed by atoms with Crippen LogP contribution in [0.25, 0.3) is 12.2 Å². The van der Waals surface area contributed by atoms with Crippen molar-refractivity contribution in [2.75, 3.05) is 7.11 Å². The molecule has 14 rings (SSSR count). The topological polar surface area (TPSA) is 542 Å². The lowest BCUT2D eigenvalue weighted by molar-refractivity contribution is 0.0197. The van der Waals surface area contributed by atoms with Gasteiger partial charge in [-0.3, -0.25) is 14.4 Å². The van der Waals surface area contributed by atoms with E-state index in [0.717, 1.165) is 65.2 Å². The normalized spacial score (nSPS) is 18.7. The number of phenolic OH excluding ortho intramolecular Hbond substituents is 18. The molecule has 0 bridgehead atoms. The molecule has 0 saturated heterocycles. The number of Topliss-reactive ketones (excluding diaryl/α,β-unsaturated/α-hetero) is 3. The van der Waals surface area contributed by atoms with E-state index in [0.29, 0.717) is 22.4 Å². The SMILES string of the molecule is COc1cc(/C=C/c2cc(C)cc(O)c2)ccc1O.O=C1c2c(O)cc(O)cc2O[C@H](c2cc(O)c(O)c(O)c2)[C@H]1O.O=C1c2c(O)cc(O)cc2O[C@H](c2ccc(O)c(O)c2)[C@H]1O.O=C1c2c(O)cc(O)cc2O[C@H](c2ccc(O)cc2)[C@H]1O.Oc1cc(O)c2c(c1)O[C@H](c1ccc(O)c(O)c1)[C@@H](O)C2. The number of aromatic hydroxyl groups is 18. The van der Waals surface area contributed by atoms with Crippen LogP contribution in [0.1, 0.15) is 100.0 Å². The van der Waals surface area contributed by atoms with Crippen molar-refractivity contribution in [1.29, 1.82) is 0 Å². The number of aliphatic hydroxyl groups is 4. The van der Waals surface area contributed by atoms with Crippen LogP contribution >= 0.6 is 0 Å². The molecule has 0 radical (unpaired) electrons. The molecule has 4 heterocycles. The number of carbonyl (C=O) groups excluding carboxylic acids is 3. The standard InChI is InChI=1S/C16H16O3.C15H12O8.C15H12O7.C15H12O6.C15H14O6/c1-11-7-13(9-14(17)8-11)4-3-12-5-6-15(18)16(10-12)19-2;16-6-3-7(17)11-10(4-6)23-15(14(22)13(11)21)5-1-8(18)12(20)9(19)2-5;16-7-4-10(19)12-11(5-7)22-15(14(21)13(12)20)6-1-2-8(17)9(18)3-6;16-8-3-1-7(2-4-8)15-14(20)13(19)12-10(18)5-9(17)6-11(12)21-15;16-8-4-11(18)9-6-13(20)15(21-14(9)5-8)7-1-2-10(17)12(19)3-7/h3-10,17-18H,1-2H3;1-4,14-20,22H;1-5,14-19,21H;1-6,14-18,20H;1-5,13,15-20H,6H2/b4-3+;;;;/t;3*14-,15+;13-,15+/m.0000/s1. The zero-order valence-electron chi connectivity index (χ0n) is 55.1. The number of carbonyl (C=O) groups is 3. The molecule has 0 amide bonds. The van der Waals surface area contributed by atoms with Crippen LogP contribution in [0.3, 0.4) is 0 Å². The molecule has 0 spiro atoms. The zero-order valence-corrected chi connectivity index (χ0v) is 55.1. The molecule has 10 aromatic carbocycles. The Labute approximate surface area is 598 Å². The fraction of sp³-hybridized carbons (Fsp3) is 0.145. The number of benzene rings is 10. The summed E-state index contributed by atoms with van der Waals surface area (Å²) in [6.45, 7) is 1.93. The Morgan fingerprint density at radius 2 is 0.708 bits per heavy atom. The zero-order chi connectivity index (χ0) is 77.0. The second-order valence-electron chi connectivity index (χ2n) is 24.2. The minimum atomic E-state index is -1.72. The number of fused-ring (bicyclic) bond motifs is 4. The van der Waals surface area contributed by atoms with Crippen molar-refractivity contribution >= 4 is 29.5 Å². The van der Waals surface area contributed by atoms with E-state index in [9.17, 15) is 127 Å². The Morgan fingerprint density at radius 3 is 1.16 bits per heavy atom. The molecule has 0 aliphatic carbocycles. The van der Waals surface area contributed by atoms with Crippen LogP contribution in [-0.2, 0) is 6.42 Å². The average Bonchev–Trinajstić information content (AvgIpc) is 0.772. The molecule has 10 aromatic rings.